The van der Waals surface area contributed by atoms with Gasteiger partial charge in [-0.2, -0.15) is 5.26 Å². The summed E-state index contributed by atoms with van der Waals surface area (Å²) in [4.78, 5) is 12.1. The highest BCUT2D eigenvalue weighted by Gasteiger charge is 2.22. The molecule has 0 aliphatic rings. The van der Waals surface area contributed by atoms with Gasteiger partial charge in [0, 0.05) is 32.1 Å². The summed E-state index contributed by atoms with van der Waals surface area (Å²) >= 11 is 1.68. The predicted octanol–water partition coefficient (Wildman–Crippen LogP) is 4.09. The van der Waals surface area contributed by atoms with Crippen LogP contribution in [0.1, 0.15) is 16.1 Å². The van der Waals surface area contributed by atoms with E-state index in [0.29, 0.717) is 0 Å². The summed E-state index contributed by atoms with van der Waals surface area (Å²) in [6.07, 6.45) is 1.57. The van der Waals surface area contributed by atoms with Crippen molar-refractivity contribution in [3.63, 3.8) is 0 Å². The van der Waals surface area contributed by atoms with Crippen LogP contribution in [0.5, 0.6) is 0 Å². The number of nitrogens with zero attached hydrogens (tertiary/aromatic N) is 2. The van der Waals surface area contributed by atoms with E-state index in [1.54, 1.807) is 22.1 Å². The number of ether oxygens (including phenoxy) is 1. The molecule has 4 aromatic rings. The SMILES string of the molecule is COC(=O)c1c(N)c(C#N)cn1-c1ccc2c(c1)sc1ccccc12. The van der Waals surface area contributed by atoms with E-state index in [2.05, 4.69) is 12.1 Å². The molecule has 0 amide bonds. The number of esters is 1. The fourth-order valence-corrected chi connectivity index (χ4v) is 4.12. The van der Waals surface area contributed by atoms with Crippen molar-refractivity contribution in [3.05, 3.63) is 59.9 Å². The van der Waals surface area contributed by atoms with Crippen molar-refractivity contribution in [1.29, 1.82) is 5.26 Å². The van der Waals surface area contributed by atoms with Crippen LogP contribution < -0.4 is 5.73 Å². The number of hydrogen-bond acceptors (Lipinski definition) is 5. The highest BCUT2D eigenvalue weighted by molar-refractivity contribution is 7.25. The third kappa shape index (κ3) is 2.25. The van der Waals surface area contributed by atoms with Crippen LogP contribution in [0.25, 0.3) is 25.9 Å². The number of anilines is 1. The first-order valence-corrected chi connectivity index (χ1v) is 8.36. The van der Waals surface area contributed by atoms with Gasteiger partial charge in [-0.3, -0.25) is 0 Å². The molecule has 5 nitrogen and oxygen atoms in total. The lowest BCUT2D eigenvalue weighted by Crippen LogP contribution is -2.11. The normalized spacial score (nSPS) is 10.9. The molecule has 0 aliphatic heterocycles. The minimum Gasteiger partial charge on any atom is -0.464 e. The molecule has 0 spiro atoms. The topological polar surface area (TPSA) is 81.0 Å². The molecule has 0 bridgehead atoms. The summed E-state index contributed by atoms with van der Waals surface area (Å²) in [5.41, 5.74) is 7.26. The molecule has 6 heteroatoms. The molecule has 4 rings (SSSR count). The number of carbonyl (C=O) groups is 1. The lowest BCUT2D eigenvalue weighted by atomic mass is 10.1. The zero-order valence-corrected chi connectivity index (χ0v) is 14.1. The minimum atomic E-state index is -0.574. The Morgan fingerprint density at radius 2 is 1.96 bits per heavy atom. The van der Waals surface area contributed by atoms with E-state index in [-0.39, 0.29) is 16.9 Å². The van der Waals surface area contributed by atoms with Crippen LogP contribution >= 0.6 is 11.3 Å². The molecule has 25 heavy (non-hydrogen) atoms. The van der Waals surface area contributed by atoms with Crippen molar-refractivity contribution < 1.29 is 9.53 Å². The highest BCUT2D eigenvalue weighted by Crippen LogP contribution is 2.35. The monoisotopic (exact) mass is 347 g/mol. The van der Waals surface area contributed by atoms with E-state index in [0.717, 1.165) is 15.8 Å². The number of nitriles is 1. The molecule has 2 aromatic carbocycles. The summed E-state index contributed by atoms with van der Waals surface area (Å²) < 4.78 is 8.74. The summed E-state index contributed by atoms with van der Waals surface area (Å²) in [6, 6.07) is 16.1. The number of nitrogens with two attached hydrogens (primary N) is 1. The van der Waals surface area contributed by atoms with Crippen molar-refractivity contribution in [2.45, 2.75) is 0 Å². The average molecular weight is 347 g/mol. The third-order valence-corrected chi connectivity index (χ3v) is 5.32. The van der Waals surface area contributed by atoms with Gasteiger partial charge in [-0.15, -0.1) is 11.3 Å². The van der Waals surface area contributed by atoms with Gasteiger partial charge in [0.1, 0.15) is 6.07 Å². The first kappa shape index (κ1) is 15.2. The summed E-state index contributed by atoms with van der Waals surface area (Å²) in [5.74, 6) is -0.574. The molecule has 0 atom stereocenters. The van der Waals surface area contributed by atoms with Crippen LogP contribution in [-0.4, -0.2) is 17.6 Å². The Morgan fingerprint density at radius 3 is 2.72 bits per heavy atom. The molecule has 0 aliphatic carbocycles. The smallest absolute Gasteiger partial charge is 0.357 e. The van der Waals surface area contributed by atoms with Gasteiger partial charge in [-0.05, 0) is 18.2 Å². The molecule has 0 saturated carbocycles. The number of aromatic nitrogens is 1. The maximum Gasteiger partial charge on any atom is 0.357 e. The van der Waals surface area contributed by atoms with Crippen molar-refractivity contribution >= 4 is 43.2 Å². The van der Waals surface area contributed by atoms with Gasteiger partial charge in [0.15, 0.2) is 5.69 Å². The molecule has 0 radical (unpaired) electrons. The number of methoxy groups -OCH3 is 1. The summed E-state index contributed by atoms with van der Waals surface area (Å²) in [7, 11) is 1.29. The molecule has 0 unspecified atom stereocenters. The Balaban J connectivity index is 1.97. The summed E-state index contributed by atoms with van der Waals surface area (Å²) in [5, 5.41) is 11.6. The molecule has 0 saturated heterocycles. The van der Waals surface area contributed by atoms with Gasteiger partial charge in [0.2, 0.25) is 0 Å². The van der Waals surface area contributed by atoms with Crippen LogP contribution in [0.15, 0.2) is 48.7 Å². The van der Waals surface area contributed by atoms with Gasteiger partial charge in [0.25, 0.3) is 0 Å². The fraction of sp³-hybridized carbons (Fsp3) is 0.0526. The maximum atomic E-state index is 12.1. The molecule has 0 fully saturated rings. The number of hydrogen-bond donors (Lipinski definition) is 1. The van der Waals surface area contributed by atoms with Gasteiger partial charge < -0.3 is 15.0 Å². The lowest BCUT2D eigenvalue weighted by molar-refractivity contribution is 0.0593. The first-order valence-electron chi connectivity index (χ1n) is 7.55. The van der Waals surface area contributed by atoms with Crippen LogP contribution in [-0.2, 0) is 4.74 Å². The van der Waals surface area contributed by atoms with Gasteiger partial charge in [-0.25, -0.2) is 4.79 Å². The lowest BCUT2D eigenvalue weighted by Gasteiger charge is -2.08. The van der Waals surface area contributed by atoms with Crippen LogP contribution in [0.2, 0.25) is 0 Å². The Kier molecular flexibility index (Phi) is 3.45. The molecule has 2 heterocycles. The van der Waals surface area contributed by atoms with Crippen molar-refractivity contribution in [3.8, 4) is 11.8 Å². The second-order valence-corrected chi connectivity index (χ2v) is 6.64. The largest absolute Gasteiger partial charge is 0.464 e. The Labute approximate surface area is 147 Å². The first-order chi connectivity index (χ1) is 12.1. The zero-order valence-electron chi connectivity index (χ0n) is 13.3. The predicted molar refractivity (Wildman–Crippen MR) is 99.1 cm³/mol. The van der Waals surface area contributed by atoms with E-state index in [1.807, 2.05) is 36.4 Å². The molecular formula is C19H13N3O2S. The molecule has 2 aromatic heterocycles. The van der Waals surface area contributed by atoms with Gasteiger partial charge in [-0.1, -0.05) is 24.3 Å². The Hall–Kier alpha value is -3.30. The van der Waals surface area contributed by atoms with Crippen molar-refractivity contribution in [2.24, 2.45) is 0 Å². The molecule has 2 N–H and O–H groups in total. The van der Waals surface area contributed by atoms with Gasteiger partial charge >= 0.3 is 5.97 Å². The van der Waals surface area contributed by atoms with Gasteiger partial charge in [0.05, 0.1) is 18.4 Å². The van der Waals surface area contributed by atoms with Crippen molar-refractivity contribution in [2.75, 3.05) is 12.8 Å². The maximum absolute atomic E-state index is 12.1. The standard InChI is InChI=1S/C19H13N3O2S/c1-24-19(23)18-17(21)11(9-20)10-22(18)12-6-7-14-13-4-2-3-5-15(13)25-16(14)8-12/h2-8,10H,21H2,1H3. The summed E-state index contributed by atoms with van der Waals surface area (Å²) in [6.45, 7) is 0. The Bertz CT molecular complexity index is 1180. The second kappa shape index (κ2) is 5.65. The zero-order chi connectivity index (χ0) is 17.6. The average Bonchev–Trinajstić information content (AvgIpc) is 3.17. The number of carbonyl (C=O) groups excluding carboxylic acids is 1. The van der Waals surface area contributed by atoms with Crippen LogP contribution in [0.3, 0.4) is 0 Å². The number of benzene rings is 2. The molecule has 122 valence electrons. The van der Waals surface area contributed by atoms with Crippen LogP contribution in [0, 0.1) is 11.3 Å². The third-order valence-electron chi connectivity index (χ3n) is 4.18. The van der Waals surface area contributed by atoms with E-state index in [1.165, 1.54) is 17.2 Å². The second-order valence-electron chi connectivity index (χ2n) is 5.56. The van der Waals surface area contributed by atoms with E-state index in [9.17, 15) is 10.1 Å². The van der Waals surface area contributed by atoms with Crippen molar-refractivity contribution in [1.82, 2.24) is 4.57 Å². The van der Waals surface area contributed by atoms with E-state index < -0.39 is 5.97 Å². The Morgan fingerprint density at radius 1 is 1.20 bits per heavy atom. The van der Waals surface area contributed by atoms with Crippen LogP contribution in [0.4, 0.5) is 5.69 Å². The van der Waals surface area contributed by atoms with E-state index in [4.69, 9.17) is 10.5 Å². The number of thiophene rings is 1. The fourth-order valence-electron chi connectivity index (χ4n) is 2.98. The highest BCUT2D eigenvalue weighted by atomic mass is 32.1. The number of nitrogen functional groups attached to an aromatic ring is 1. The van der Waals surface area contributed by atoms with E-state index >= 15 is 0 Å². The molecular weight excluding hydrogens is 334 g/mol. The quantitative estimate of drug-likeness (QED) is 0.554. The minimum absolute atomic E-state index is 0.130. The number of fused-ring (bicyclic) bond motifs is 3. The number of rotatable bonds is 2.